The number of rotatable bonds is 9. The number of carbonyl (C=O) groups excluding carboxylic acids is 1. The van der Waals surface area contributed by atoms with Gasteiger partial charge in [0, 0.05) is 44.8 Å². The van der Waals surface area contributed by atoms with E-state index in [1.165, 1.54) is 28.6 Å². The van der Waals surface area contributed by atoms with Crippen LogP contribution in [-0.2, 0) is 10.0 Å². The first kappa shape index (κ1) is 26.9. The van der Waals surface area contributed by atoms with E-state index in [9.17, 15) is 13.2 Å². The largest absolute Gasteiger partial charge is 0.495 e. The highest BCUT2D eigenvalue weighted by molar-refractivity contribution is 7.89. The molecule has 1 heterocycles. The van der Waals surface area contributed by atoms with Gasteiger partial charge in [-0.3, -0.25) is 9.69 Å². The molecule has 37 heavy (non-hydrogen) atoms. The van der Waals surface area contributed by atoms with E-state index in [0.717, 1.165) is 0 Å². The molecular formula is C29H35N3O4S. The Morgan fingerprint density at radius 1 is 0.865 bits per heavy atom. The molecule has 0 radical (unpaired) electrons. The second-order valence-corrected chi connectivity index (χ2v) is 10.9. The van der Waals surface area contributed by atoms with Crippen LogP contribution in [0.2, 0.25) is 0 Å². The van der Waals surface area contributed by atoms with Crippen LogP contribution in [0.15, 0.2) is 83.8 Å². The molecule has 0 bridgehead atoms. The van der Waals surface area contributed by atoms with Gasteiger partial charge in [0.25, 0.3) is 5.91 Å². The fraction of sp³-hybridized carbons (Fsp3) is 0.345. The van der Waals surface area contributed by atoms with Crippen molar-refractivity contribution in [1.82, 2.24) is 14.1 Å². The minimum Gasteiger partial charge on any atom is -0.495 e. The Hall–Kier alpha value is -3.20. The summed E-state index contributed by atoms with van der Waals surface area (Å²) in [6, 6.07) is 25.6. The highest BCUT2D eigenvalue weighted by Gasteiger charge is 2.31. The number of carbonyl (C=O) groups is 1. The molecule has 0 unspecified atom stereocenters. The molecule has 4 rings (SSSR count). The van der Waals surface area contributed by atoms with Crippen molar-refractivity contribution >= 4 is 15.9 Å². The molecule has 196 valence electrons. The predicted molar refractivity (Wildman–Crippen MR) is 145 cm³/mol. The Morgan fingerprint density at radius 2 is 1.41 bits per heavy atom. The van der Waals surface area contributed by atoms with Crippen molar-refractivity contribution in [2.24, 2.45) is 0 Å². The van der Waals surface area contributed by atoms with Crippen molar-refractivity contribution in [3.63, 3.8) is 0 Å². The van der Waals surface area contributed by atoms with E-state index < -0.39 is 10.0 Å². The zero-order valence-electron chi connectivity index (χ0n) is 21.7. The zero-order chi connectivity index (χ0) is 26.4. The molecule has 1 saturated heterocycles. The van der Waals surface area contributed by atoms with Gasteiger partial charge in [-0.1, -0.05) is 74.5 Å². The summed E-state index contributed by atoms with van der Waals surface area (Å²) < 4.78 is 33.2. The van der Waals surface area contributed by atoms with Crippen LogP contribution in [0.4, 0.5) is 0 Å². The molecule has 0 N–H and O–H groups in total. The summed E-state index contributed by atoms with van der Waals surface area (Å²) in [6.45, 7) is 6.79. The average molecular weight is 522 g/mol. The summed E-state index contributed by atoms with van der Waals surface area (Å²) in [7, 11) is -2.34. The number of sulfonamides is 1. The van der Waals surface area contributed by atoms with Crippen molar-refractivity contribution in [1.29, 1.82) is 0 Å². The van der Waals surface area contributed by atoms with Crippen LogP contribution in [0.3, 0.4) is 0 Å². The first-order valence-corrected chi connectivity index (χ1v) is 14.2. The van der Waals surface area contributed by atoms with Gasteiger partial charge in [-0.15, -0.1) is 0 Å². The van der Waals surface area contributed by atoms with Gasteiger partial charge < -0.3 is 9.64 Å². The second kappa shape index (κ2) is 11.9. The third-order valence-corrected chi connectivity index (χ3v) is 9.00. The van der Waals surface area contributed by atoms with Gasteiger partial charge in [-0.05, 0) is 29.3 Å². The number of hydrogen-bond acceptors (Lipinski definition) is 5. The van der Waals surface area contributed by atoms with Crippen LogP contribution in [0.5, 0.6) is 5.75 Å². The summed E-state index contributed by atoms with van der Waals surface area (Å²) in [5.74, 6) is 0.0658. The molecular weight excluding hydrogens is 486 g/mol. The standard InChI is InChI=1S/C29H35N3O4S/c1-4-32(5-2)37(34,35)27-22-25(16-17-26(27)36-3)29(33)31-20-18-30(19-21-31)28(23-12-8-6-9-13-23)24-14-10-7-11-15-24/h6-17,22,28H,4-5,18-21H2,1-3H3. The SMILES string of the molecule is CCN(CC)S(=O)(=O)c1cc(C(=O)N2CCN(C(c3ccccc3)c3ccccc3)CC2)ccc1OC. The molecule has 0 saturated carbocycles. The quantitative estimate of drug-likeness (QED) is 0.421. The summed E-state index contributed by atoms with van der Waals surface area (Å²) in [4.78, 5) is 17.7. The Bertz CT molecular complexity index is 1250. The number of methoxy groups -OCH3 is 1. The Labute approximate surface area is 220 Å². The molecule has 0 spiro atoms. The maximum atomic E-state index is 13.5. The Morgan fingerprint density at radius 3 is 1.89 bits per heavy atom. The lowest BCUT2D eigenvalue weighted by molar-refractivity contribution is 0.0597. The van der Waals surface area contributed by atoms with Gasteiger partial charge in [-0.25, -0.2) is 8.42 Å². The highest BCUT2D eigenvalue weighted by Crippen LogP contribution is 2.31. The van der Waals surface area contributed by atoms with Crippen LogP contribution in [0, 0.1) is 0 Å². The minimum absolute atomic E-state index is 0.0244. The molecule has 1 fully saturated rings. The van der Waals surface area contributed by atoms with Gasteiger partial charge in [0.15, 0.2) is 0 Å². The Kier molecular flexibility index (Phi) is 8.63. The normalized spacial score (nSPS) is 14.8. The molecule has 3 aromatic rings. The smallest absolute Gasteiger partial charge is 0.253 e. The molecule has 0 aromatic heterocycles. The summed E-state index contributed by atoms with van der Waals surface area (Å²) >= 11 is 0. The monoisotopic (exact) mass is 521 g/mol. The summed E-state index contributed by atoms with van der Waals surface area (Å²) in [6.07, 6.45) is 0. The lowest BCUT2D eigenvalue weighted by atomic mass is 9.96. The summed E-state index contributed by atoms with van der Waals surface area (Å²) in [5, 5.41) is 0. The fourth-order valence-corrected chi connectivity index (χ4v) is 6.60. The number of amides is 1. The van der Waals surface area contributed by atoms with E-state index in [2.05, 4.69) is 53.4 Å². The van der Waals surface area contributed by atoms with Gasteiger partial charge in [0.2, 0.25) is 10.0 Å². The molecule has 7 nitrogen and oxygen atoms in total. The number of hydrogen-bond donors (Lipinski definition) is 0. The molecule has 1 aliphatic heterocycles. The van der Waals surface area contributed by atoms with Gasteiger partial charge >= 0.3 is 0 Å². The van der Waals surface area contributed by atoms with Crippen LogP contribution in [0.1, 0.15) is 41.4 Å². The summed E-state index contributed by atoms with van der Waals surface area (Å²) in [5.41, 5.74) is 2.78. The number of ether oxygens (including phenoxy) is 1. The van der Waals surface area contributed by atoms with Crippen molar-refractivity contribution in [2.45, 2.75) is 24.8 Å². The van der Waals surface area contributed by atoms with Crippen LogP contribution in [-0.4, -0.2) is 74.8 Å². The Balaban J connectivity index is 1.54. The minimum atomic E-state index is -3.78. The molecule has 0 atom stereocenters. The van der Waals surface area contributed by atoms with Gasteiger partial charge in [0.05, 0.1) is 13.2 Å². The van der Waals surface area contributed by atoms with E-state index in [4.69, 9.17) is 4.74 Å². The molecule has 8 heteroatoms. The first-order valence-electron chi connectivity index (χ1n) is 12.7. The number of benzene rings is 3. The van der Waals surface area contributed by atoms with Crippen molar-refractivity contribution in [3.05, 3.63) is 95.6 Å². The molecule has 1 amide bonds. The molecule has 1 aliphatic rings. The van der Waals surface area contributed by atoms with Gasteiger partial charge in [0.1, 0.15) is 10.6 Å². The molecule has 0 aliphatic carbocycles. The zero-order valence-corrected chi connectivity index (χ0v) is 22.5. The van der Waals surface area contributed by atoms with Crippen molar-refractivity contribution < 1.29 is 17.9 Å². The van der Waals surface area contributed by atoms with Crippen LogP contribution < -0.4 is 4.74 Å². The second-order valence-electron chi connectivity index (χ2n) is 9.01. The maximum Gasteiger partial charge on any atom is 0.253 e. The fourth-order valence-electron chi connectivity index (χ4n) is 4.96. The van der Waals surface area contributed by atoms with E-state index >= 15 is 0 Å². The predicted octanol–water partition coefficient (Wildman–Crippen LogP) is 4.27. The van der Waals surface area contributed by atoms with Crippen molar-refractivity contribution in [2.75, 3.05) is 46.4 Å². The lowest BCUT2D eigenvalue weighted by Crippen LogP contribution is -2.49. The number of nitrogens with zero attached hydrogens (tertiary/aromatic N) is 3. The third kappa shape index (κ3) is 5.71. The third-order valence-electron chi connectivity index (χ3n) is 6.93. The maximum absolute atomic E-state index is 13.5. The highest BCUT2D eigenvalue weighted by atomic mass is 32.2. The van der Waals surface area contributed by atoms with Gasteiger partial charge in [-0.2, -0.15) is 4.31 Å². The number of piperazine rings is 1. The topological polar surface area (TPSA) is 70.2 Å². The lowest BCUT2D eigenvalue weighted by Gasteiger charge is -2.40. The van der Waals surface area contributed by atoms with E-state index in [1.54, 1.807) is 30.9 Å². The van der Waals surface area contributed by atoms with E-state index in [1.807, 2.05) is 12.1 Å². The average Bonchev–Trinajstić information content (AvgIpc) is 2.94. The van der Waals surface area contributed by atoms with Crippen molar-refractivity contribution in [3.8, 4) is 5.75 Å². The van der Waals surface area contributed by atoms with E-state index in [0.29, 0.717) is 44.8 Å². The van der Waals surface area contributed by atoms with Crippen LogP contribution >= 0.6 is 0 Å². The van der Waals surface area contributed by atoms with Crippen LogP contribution in [0.25, 0.3) is 0 Å². The first-order chi connectivity index (χ1) is 17.9. The molecule has 3 aromatic carbocycles. The van der Waals surface area contributed by atoms with E-state index in [-0.39, 0.29) is 22.6 Å².